The van der Waals surface area contributed by atoms with Crippen molar-refractivity contribution in [3.63, 3.8) is 0 Å². The van der Waals surface area contributed by atoms with E-state index in [0.717, 1.165) is 11.1 Å². The van der Waals surface area contributed by atoms with E-state index in [1.165, 1.54) is 12.1 Å². The topological polar surface area (TPSA) is 101 Å². The molecule has 11 heteroatoms. The van der Waals surface area contributed by atoms with Crippen LogP contribution in [0.15, 0.2) is 83.8 Å². The van der Waals surface area contributed by atoms with Crippen molar-refractivity contribution in [1.82, 2.24) is 19.7 Å². The van der Waals surface area contributed by atoms with Crippen LogP contribution in [-0.2, 0) is 11.3 Å². The van der Waals surface area contributed by atoms with E-state index in [-0.39, 0.29) is 29.9 Å². The largest absolute Gasteiger partial charge is 0.497 e. The zero-order chi connectivity index (χ0) is 29.1. The predicted octanol–water partition coefficient (Wildman–Crippen LogP) is 4.83. The van der Waals surface area contributed by atoms with Crippen molar-refractivity contribution in [2.75, 3.05) is 32.4 Å². The van der Waals surface area contributed by atoms with E-state index >= 15 is 4.39 Å². The Balaban J connectivity index is 1.17. The highest BCUT2D eigenvalue weighted by molar-refractivity contribution is 5.86. The Kier molecular flexibility index (Phi) is 7.76. The van der Waals surface area contributed by atoms with Gasteiger partial charge in [-0.25, -0.2) is 9.07 Å². The molecule has 0 aliphatic carbocycles. The summed E-state index contributed by atoms with van der Waals surface area (Å²) >= 11 is 0. The van der Waals surface area contributed by atoms with Crippen LogP contribution >= 0.6 is 0 Å². The van der Waals surface area contributed by atoms with Crippen LogP contribution < -0.4 is 30.4 Å². The molecule has 0 bridgehead atoms. The summed E-state index contributed by atoms with van der Waals surface area (Å²) in [5, 5.41) is 6.93. The van der Waals surface area contributed by atoms with Gasteiger partial charge in [0.1, 0.15) is 11.5 Å². The molecule has 10 nitrogen and oxygen atoms in total. The van der Waals surface area contributed by atoms with Gasteiger partial charge in [0.15, 0.2) is 18.3 Å². The molecule has 3 heterocycles. The number of ether oxygens (including phenoxy) is 4. The lowest BCUT2D eigenvalue weighted by atomic mass is 10.2. The van der Waals surface area contributed by atoms with Gasteiger partial charge in [0.05, 0.1) is 43.4 Å². The van der Waals surface area contributed by atoms with E-state index in [2.05, 4.69) is 15.6 Å². The summed E-state index contributed by atoms with van der Waals surface area (Å²) in [4.78, 5) is 17.8. The third kappa shape index (κ3) is 5.52. The van der Waals surface area contributed by atoms with Crippen molar-refractivity contribution in [3.05, 3.63) is 101 Å². The van der Waals surface area contributed by atoms with Crippen LogP contribution in [-0.4, -0.2) is 47.6 Å². The number of hydrogen-bond acceptors (Lipinski definition) is 8. The molecule has 0 radical (unpaired) electrons. The first-order valence-corrected chi connectivity index (χ1v) is 13.5. The first-order valence-electron chi connectivity index (χ1n) is 13.5. The summed E-state index contributed by atoms with van der Waals surface area (Å²) in [7, 11) is 1.58. The van der Waals surface area contributed by atoms with Crippen molar-refractivity contribution in [2.45, 2.75) is 19.6 Å². The summed E-state index contributed by atoms with van der Waals surface area (Å²) in [5.41, 5.74) is 2.24. The maximum atomic E-state index is 15.1. The van der Waals surface area contributed by atoms with Gasteiger partial charge in [0, 0.05) is 35.9 Å². The lowest BCUT2D eigenvalue weighted by molar-refractivity contribution is 0.0945. The van der Waals surface area contributed by atoms with Crippen molar-refractivity contribution >= 4 is 16.6 Å². The first kappa shape index (κ1) is 27.3. The third-order valence-electron chi connectivity index (χ3n) is 7.07. The standard InChI is InChI=1S/C31H30FN5O5/c1-20-30(31(38)37(22-6-4-3-5-7-22)36(20)17-24-16-33-18-40-24)41-19-35-21-8-11-29(26(32)14-21)42-28-12-13-34-27-15-23(39-2)9-10-25(27)28/h3-15,24,33,35H,16-19H2,1-2H3. The van der Waals surface area contributed by atoms with Crippen LogP contribution in [0.2, 0.25) is 0 Å². The molecule has 1 unspecified atom stereocenters. The normalized spacial score (nSPS) is 14.7. The van der Waals surface area contributed by atoms with Gasteiger partial charge in [0.25, 0.3) is 0 Å². The lowest BCUT2D eigenvalue weighted by Gasteiger charge is -2.16. The predicted molar refractivity (Wildman–Crippen MR) is 156 cm³/mol. The number of halogens is 1. The van der Waals surface area contributed by atoms with Gasteiger partial charge in [0.2, 0.25) is 5.75 Å². The molecule has 6 rings (SSSR count). The maximum Gasteiger partial charge on any atom is 0.314 e. The molecule has 3 aromatic carbocycles. The number of hydrogen-bond donors (Lipinski definition) is 2. The first-order chi connectivity index (χ1) is 20.5. The molecular formula is C31H30FN5O5. The molecule has 1 fully saturated rings. The average Bonchev–Trinajstić information content (AvgIpc) is 3.61. The minimum atomic E-state index is -0.558. The van der Waals surface area contributed by atoms with Crippen LogP contribution in [0, 0.1) is 12.7 Å². The van der Waals surface area contributed by atoms with Crippen LogP contribution in [0.5, 0.6) is 23.0 Å². The molecule has 1 aliphatic heterocycles. The van der Waals surface area contributed by atoms with Gasteiger partial charge < -0.3 is 24.3 Å². The Labute approximate surface area is 241 Å². The molecule has 2 N–H and O–H groups in total. The molecule has 0 amide bonds. The summed E-state index contributed by atoms with van der Waals surface area (Å²) in [6, 6.07) is 21.0. The number of nitrogens with one attached hydrogen (secondary N) is 2. The Morgan fingerprint density at radius 2 is 1.95 bits per heavy atom. The van der Waals surface area contributed by atoms with E-state index in [1.807, 2.05) is 48.0 Å². The van der Waals surface area contributed by atoms with E-state index in [9.17, 15) is 4.79 Å². The SMILES string of the molecule is COc1ccc2c(Oc3ccc(NCOc4c(C)n(CC5CNCO5)n(-c5ccccc5)c4=O)cc3F)ccnc2c1. The minimum absolute atomic E-state index is 0.0488. The molecule has 2 aromatic heterocycles. The fourth-order valence-corrected chi connectivity index (χ4v) is 4.93. The van der Waals surface area contributed by atoms with Crippen molar-refractivity contribution < 1.29 is 23.3 Å². The Hall–Kier alpha value is -4.87. The lowest BCUT2D eigenvalue weighted by Crippen LogP contribution is -2.28. The molecule has 5 aromatic rings. The van der Waals surface area contributed by atoms with E-state index < -0.39 is 5.82 Å². The second kappa shape index (κ2) is 11.9. The summed E-state index contributed by atoms with van der Waals surface area (Å²) in [6.45, 7) is 3.43. The summed E-state index contributed by atoms with van der Waals surface area (Å²) in [5.74, 6) is 0.851. The van der Waals surface area contributed by atoms with Gasteiger partial charge in [-0.2, -0.15) is 0 Å². The molecule has 1 saturated heterocycles. The van der Waals surface area contributed by atoms with Crippen LogP contribution in [0.1, 0.15) is 5.69 Å². The number of nitrogens with zero attached hydrogens (tertiary/aromatic N) is 3. The highest BCUT2D eigenvalue weighted by Crippen LogP contribution is 2.33. The number of para-hydroxylation sites is 1. The molecule has 1 aliphatic rings. The fourth-order valence-electron chi connectivity index (χ4n) is 4.93. The molecule has 216 valence electrons. The minimum Gasteiger partial charge on any atom is -0.497 e. The smallest absolute Gasteiger partial charge is 0.314 e. The third-order valence-corrected chi connectivity index (χ3v) is 7.07. The zero-order valence-electron chi connectivity index (χ0n) is 23.2. The van der Waals surface area contributed by atoms with Gasteiger partial charge in [-0.15, -0.1) is 0 Å². The van der Waals surface area contributed by atoms with Crippen LogP contribution in [0.4, 0.5) is 10.1 Å². The van der Waals surface area contributed by atoms with Crippen molar-refractivity contribution in [3.8, 4) is 28.7 Å². The van der Waals surface area contributed by atoms with Gasteiger partial charge in [-0.3, -0.25) is 19.8 Å². The zero-order valence-corrected chi connectivity index (χ0v) is 23.2. The van der Waals surface area contributed by atoms with E-state index in [0.29, 0.717) is 48.2 Å². The number of methoxy groups -OCH3 is 1. The van der Waals surface area contributed by atoms with Crippen molar-refractivity contribution in [2.24, 2.45) is 0 Å². The highest BCUT2D eigenvalue weighted by Gasteiger charge is 2.24. The molecular weight excluding hydrogens is 541 g/mol. The van der Waals surface area contributed by atoms with Gasteiger partial charge in [-0.1, -0.05) is 18.2 Å². The maximum absolute atomic E-state index is 15.1. The number of aromatic nitrogens is 3. The second-order valence-electron chi connectivity index (χ2n) is 9.74. The number of anilines is 1. The van der Waals surface area contributed by atoms with E-state index in [1.54, 1.807) is 42.3 Å². The average molecular weight is 572 g/mol. The summed E-state index contributed by atoms with van der Waals surface area (Å²) < 4.78 is 41.3. The Morgan fingerprint density at radius 1 is 1.10 bits per heavy atom. The fraction of sp³-hybridized carbons (Fsp3) is 0.226. The Morgan fingerprint density at radius 3 is 2.71 bits per heavy atom. The van der Waals surface area contributed by atoms with Crippen molar-refractivity contribution in [1.29, 1.82) is 0 Å². The molecule has 1 atom stereocenters. The van der Waals surface area contributed by atoms with Gasteiger partial charge in [-0.05, 0) is 49.4 Å². The summed E-state index contributed by atoms with van der Waals surface area (Å²) in [6.07, 6.45) is 1.52. The number of pyridine rings is 1. The van der Waals surface area contributed by atoms with Crippen LogP contribution in [0.25, 0.3) is 16.6 Å². The number of benzene rings is 3. The number of fused-ring (bicyclic) bond motifs is 1. The monoisotopic (exact) mass is 571 g/mol. The quantitative estimate of drug-likeness (QED) is 0.230. The Bertz CT molecular complexity index is 1770. The van der Waals surface area contributed by atoms with E-state index in [4.69, 9.17) is 18.9 Å². The molecule has 42 heavy (non-hydrogen) atoms. The number of rotatable bonds is 10. The molecule has 0 saturated carbocycles. The van der Waals surface area contributed by atoms with Gasteiger partial charge >= 0.3 is 5.56 Å². The second-order valence-corrected chi connectivity index (χ2v) is 9.74. The van der Waals surface area contributed by atoms with Crippen LogP contribution in [0.3, 0.4) is 0 Å². The molecule has 0 spiro atoms. The highest BCUT2D eigenvalue weighted by atomic mass is 19.1.